The summed E-state index contributed by atoms with van der Waals surface area (Å²) in [6, 6.07) is 15.4. The molecule has 0 fully saturated rings. The standard InChI is InChI=1S/C16H13N3O2S/c17-9-10-21-14-7-5-13(6-8-14)19-16(20)12-3-1-11(2-4-12)15(18)22/h1-8H,10H2,(H2,18,22)(H,19,20). The molecule has 0 saturated carbocycles. The van der Waals surface area contributed by atoms with E-state index in [1.54, 1.807) is 48.5 Å². The third-order valence-corrected chi connectivity index (χ3v) is 3.08. The van der Waals surface area contributed by atoms with Gasteiger partial charge in [0.25, 0.3) is 5.91 Å². The molecule has 6 heteroatoms. The van der Waals surface area contributed by atoms with Crippen molar-refractivity contribution in [2.75, 3.05) is 11.9 Å². The molecule has 22 heavy (non-hydrogen) atoms. The SMILES string of the molecule is N#CCOc1ccc(NC(=O)c2ccc(C(N)=S)cc2)cc1. The molecule has 5 nitrogen and oxygen atoms in total. The quantitative estimate of drug-likeness (QED) is 0.828. The smallest absolute Gasteiger partial charge is 0.255 e. The van der Waals surface area contributed by atoms with Gasteiger partial charge in [0.05, 0.1) is 0 Å². The van der Waals surface area contributed by atoms with E-state index < -0.39 is 0 Å². The molecule has 0 saturated heterocycles. The van der Waals surface area contributed by atoms with Crippen molar-refractivity contribution in [3.05, 3.63) is 59.7 Å². The van der Waals surface area contributed by atoms with Gasteiger partial charge in [-0.15, -0.1) is 0 Å². The summed E-state index contributed by atoms with van der Waals surface area (Å²) in [5, 5.41) is 11.2. The van der Waals surface area contributed by atoms with Crippen molar-refractivity contribution in [1.29, 1.82) is 5.26 Å². The summed E-state index contributed by atoms with van der Waals surface area (Å²) in [4.78, 5) is 12.4. The van der Waals surface area contributed by atoms with Crippen LogP contribution >= 0.6 is 12.2 Å². The van der Waals surface area contributed by atoms with Gasteiger partial charge in [0, 0.05) is 16.8 Å². The highest BCUT2D eigenvalue weighted by molar-refractivity contribution is 7.80. The monoisotopic (exact) mass is 311 g/mol. The number of ether oxygens (including phenoxy) is 1. The Hall–Kier alpha value is -2.91. The number of thiocarbonyl (C=S) groups is 1. The van der Waals surface area contributed by atoms with Crippen LogP contribution in [0.3, 0.4) is 0 Å². The zero-order valence-electron chi connectivity index (χ0n) is 11.6. The molecule has 3 N–H and O–H groups in total. The molecule has 0 aliphatic heterocycles. The number of hydrogen-bond acceptors (Lipinski definition) is 4. The normalized spacial score (nSPS) is 9.59. The minimum atomic E-state index is -0.236. The van der Waals surface area contributed by atoms with Crippen molar-refractivity contribution in [1.82, 2.24) is 0 Å². The number of carbonyl (C=O) groups is 1. The fraction of sp³-hybridized carbons (Fsp3) is 0.0625. The van der Waals surface area contributed by atoms with Gasteiger partial charge in [-0.1, -0.05) is 24.4 Å². The number of carbonyl (C=O) groups excluding carboxylic acids is 1. The summed E-state index contributed by atoms with van der Waals surface area (Å²) in [5.41, 5.74) is 7.36. The third-order valence-electron chi connectivity index (χ3n) is 2.85. The van der Waals surface area contributed by atoms with E-state index in [0.29, 0.717) is 27.6 Å². The van der Waals surface area contributed by atoms with E-state index in [4.69, 9.17) is 28.0 Å². The number of nitriles is 1. The Morgan fingerprint density at radius 2 is 1.73 bits per heavy atom. The maximum Gasteiger partial charge on any atom is 0.255 e. The van der Waals surface area contributed by atoms with Crippen molar-refractivity contribution >= 4 is 28.8 Å². The second-order valence-electron chi connectivity index (χ2n) is 4.37. The van der Waals surface area contributed by atoms with Gasteiger partial charge in [0.2, 0.25) is 0 Å². The van der Waals surface area contributed by atoms with Crippen LogP contribution in [0.25, 0.3) is 0 Å². The molecule has 0 heterocycles. The fourth-order valence-corrected chi connectivity index (χ4v) is 1.88. The molecule has 1 amide bonds. The molecule has 2 aromatic carbocycles. The molecule has 110 valence electrons. The molecule has 2 rings (SSSR count). The van der Waals surface area contributed by atoms with Crippen molar-refractivity contribution in [2.24, 2.45) is 5.73 Å². The lowest BCUT2D eigenvalue weighted by Gasteiger charge is -2.07. The lowest BCUT2D eigenvalue weighted by Crippen LogP contribution is -2.13. The Kier molecular flexibility index (Phi) is 5.07. The first kappa shape index (κ1) is 15.5. The Labute approximate surface area is 133 Å². The number of nitrogens with zero attached hydrogens (tertiary/aromatic N) is 1. The average molecular weight is 311 g/mol. The predicted octanol–water partition coefficient (Wildman–Crippen LogP) is 2.48. The Bertz CT molecular complexity index is 719. The topological polar surface area (TPSA) is 88.1 Å². The molecular weight excluding hydrogens is 298 g/mol. The van der Waals surface area contributed by atoms with Gasteiger partial charge in [-0.2, -0.15) is 5.26 Å². The van der Waals surface area contributed by atoms with E-state index in [9.17, 15) is 4.79 Å². The summed E-state index contributed by atoms with van der Waals surface area (Å²) < 4.78 is 5.14. The minimum absolute atomic E-state index is 0.0128. The molecule has 0 aliphatic carbocycles. The van der Waals surface area contributed by atoms with Gasteiger partial charge < -0.3 is 15.8 Å². The van der Waals surface area contributed by atoms with Gasteiger partial charge >= 0.3 is 0 Å². The van der Waals surface area contributed by atoms with E-state index in [1.165, 1.54) is 0 Å². The predicted molar refractivity (Wildman–Crippen MR) is 87.8 cm³/mol. The Morgan fingerprint density at radius 1 is 1.14 bits per heavy atom. The Morgan fingerprint density at radius 3 is 2.27 bits per heavy atom. The first-order chi connectivity index (χ1) is 10.6. The van der Waals surface area contributed by atoms with Crippen molar-refractivity contribution in [3.8, 4) is 11.8 Å². The summed E-state index contributed by atoms with van der Waals surface area (Å²) in [6.07, 6.45) is 0. The number of benzene rings is 2. The summed E-state index contributed by atoms with van der Waals surface area (Å²) in [5.74, 6) is 0.334. The van der Waals surface area contributed by atoms with Crippen LogP contribution < -0.4 is 15.8 Å². The Balaban J connectivity index is 2.02. The molecule has 2 aromatic rings. The molecule has 0 radical (unpaired) electrons. The van der Waals surface area contributed by atoms with Crippen LogP contribution in [0.15, 0.2) is 48.5 Å². The molecule has 0 aliphatic rings. The lowest BCUT2D eigenvalue weighted by molar-refractivity contribution is 0.102. The largest absolute Gasteiger partial charge is 0.479 e. The third kappa shape index (κ3) is 4.04. The number of rotatable bonds is 5. The lowest BCUT2D eigenvalue weighted by atomic mass is 10.1. The van der Waals surface area contributed by atoms with Crippen LogP contribution in [-0.4, -0.2) is 17.5 Å². The van der Waals surface area contributed by atoms with Crippen LogP contribution in [0.4, 0.5) is 5.69 Å². The number of nitrogens with two attached hydrogens (primary N) is 1. The molecule has 0 aromatic heterocycles. The maximum absolute atomic E-state index is 12.1. The molecule has 0 atom stereocenters. The van der Waals surface area contributed by atoms with Gasteiger partial charge in [0.1, 0.15) is 16.8 Å². The molecule has 0 unspecified atom stereocenters. The average Bonchev–Trinajstić information content (AvgIpc) is 2.54. The van der Waals surface area contributed by atoms with E-state index in [1.807, 2.05) is 6.07 Å². The van der Waals surface area contributed by atoms with E-state index >= 15 is 0 Å². The van der Waals surface area contributed by atoms with Gasteiger partial charge in [-0.3, -0.25) is 4.79 Å². The van der Waals surface area contributed by atoms with Crippen molar-refractivity contribution < 1.29 is 9.53 Å². The minimum Gasteiger partial charge on any atom is -0.479 e. The highest BCUT2D eigenvalue weighted by Gasteiger charge is 2.06. The highest BCUT2D eigenvalue weighted by Crippen LogP contribution is 2.16. The van der Waals surface area contributed by atoms with Gasteiger partial charge in [-0.05, 0) is 36.4 Å². The number of hydrogen-bond donors (Lipinski definition) is 2. The maximum atomic E-state index is 12.1. The second kappa shape index (κ2) is 7.20. The van der Waals surface area contributed by atoms with Crippen LogP contribution in [0.2, 0.25) is 0 Å². The molecular formula is C16H13N3O2S. The highest BCUT2D eigenvalue weighted by atomic mass is 32.1. The van der Waals surface area contributed by atoms with E-state index in [0.717, 1.165) is 0 Å². The van der Waals surface area contributed by atoms with Crippen molar-refractivity contribution in [3.63, 3.8) is 0 Å². The summed E-state index contributed by atoms with van der Waals surface area (Å²) in [7, 11) is 0. The number of nitrogens with one attached hydrogen (secondary N) is 1. The first-order valence-electron chi connectivity index (χ1n) is 6.41. The van der Waals surface area contributed by atoms with Gasteiger partial charge in [-0.25, -0.2) is 0 Å². The number of anilines is 1. The van der Waals surface area contributed by atoms with E-state index in [-0.39, 0.29) is 12.5 Å². The van der Waals surface area contributed by atoms with Crippen LogP contribution in [-0.2, 0) is 0 Å². The van der Waals surface area contributed by atoms with Crippen LogP contribution in [0.5, 0.6) is 5.75 Å². The summed E-state index contributed by atoms with van der Waals surface area (Å²) >= 11 is 4.86. The number of amides is 1. The zero-order valence-corrected chi connectivity index (χ0v) is 12.4. The van der Waals surface area contributed by atoms with Gasteiger partial charge in [0.15, 0.2) is 6.61 Å². The molecule has 0 bridgehead atoms. The summed E-state index contributed by atoms with van der Waals surface area (Å²) in [6.45, 7) is -0.0128. The first-order valence-corrected chi connectivity index (χ1v) is 6.82. The molecule has 0 spiro atoms. The van der Waals surface area contributed by atoms with Crippen LogP contribution in [0, 0.1) is 11.3 Å². The van der Waals surface area contributed by atoms with Crippen molar-refractivity contribution in [2.45, 2.75) is 0 Å². The second-order valence-corrected chi connectivity index (χ2v) is 4.81. The van der Waals surface area contributed by atoms with E-state index in [2.05, 4.69) is 5.32 Å². The zero-order chi connectivity index (χ0) is 15.9. The fourth-order valence-electron chi connectivity index (χ4n) is 1.74. The van der Waals surface area contributed by atoms with Crippen LogP contribution in [0.1, 0.15) is 15.9 Å².